The van der Waals surface area contributed by atoms with E-state index in [4.69, 9.17) is 27.7 Å². The number of halogens is 2. The van der Waals surface area contributed by atoms with Gasteiger partial charge in [0.2, 0.25) is 0 Å². The van der Waals surface area contributed by atoms with Crippen molar-refractivity contribution >= 4 is 38.9 Å². The maximum atomic E-state index is 12.5. The van der Waals surface area contributed by atoms with E-state index >= 15 is 0 Å². The van der Waals surface area contributed by atoms with Gasteiger partial charge in [0.05, 0.1) is 11.2 Å². The Balaban J connectivity index is 2.00. The molecule has 8 heteroatoms. The molecule has 0 amide bonds. The average molecular weight is 369 g/mol. The van der Waals surface area contributed by atoms with Crippen LogP contribution in [0.5, 0.6) is 0 Å². The van der Waals surface area contributed by atoms with Crippen LogP contribution in [0.2, 0.25) is 10.0 Å². The summed E-state index contributed by atoms with van der Waals surface area (Å²) in [7, 11) is -3.93. The van der Waals surface area contributed by atoms with Gasteiger partial charge in [-0.3, -0.25) is 4.72 Å². The fourth-order valence-electron chi connectivity index (χ4n) is 1.99. The lowest BCUT2D eigenvalue weighted by atomic mass is 10.1. The van der Waals surface area contributed by atoms with Crippen molar-refractivity contribution in [2.45, 2.75) is 4.90 Å². The van der Waals surface area contributed by atoms with Crippen molar-refractivity contribution in [2.24, 2.45) is 0 Å². The molecule has 1 N–H and O–H groups in total. The summed E-state index contributed by atoms with van der Waals surface area (Å²) < 4.78 is 32.6. The maximum Gasteiger partial charge on any atom is 0.263 e. The van der Waals surface area contributed by atoms with Crippen LogP contribution >= 0.6 is 23.2 Å². The van der Waals surface area contributed by atoms with Crippen LogP contribution in [0.25, 0.3) is 11.3 Å². The monoisotopic (exact) mass is 368 g/mol. The Labute approximate surface area is 142 Å². The van der Waals surface area contributed by atoms with E-state index in [1.165, 1.54) is 24.4 Å². The fourth-order valence-corrected chi connectivity index (χ4v) is 3.80. The third-order valence-corrected chi connectivity index (χ3v) is 5.12. The second kappa shape index (κ2) is 6.23. The molecule has 0 bridgehead atoms. The van der Waals surface area contributed by atoms with E-state index in [1.807, 2.05) is 18.2 Å². The first-order valence-corrected chi connectivity index (χ1v) is 8.69. The Hall–Kier alpha value is -2.02. The number of rotatable bonds is 4. The Morgan fingerprint density at radius 2 is 1.78 bits per heavy atom. The van der Waals surface area contributed by atoms with Crippen molar-refractivity contribution < 1.29 is 12.9 Å². The first kappa shape index (κ1) is 15.9. The molecule has 1 aromatic heterocycles. The minimum absolute atomic E-state index is 0.0691. The molecule has 0 aliphatic heterocycles. The molecule has 0 fully saturated rings. The molecule has 0 saturated heterocycles. The highest BCUT2D eigenvalue weighted by Gasteiger charge is 2.22. The number of aromatic nitrogens is 1. The van der Waals surface area contributed by atoms with Gasteiger partial charge in [-0.1, -0.05) is 58.7 Å². The molecule has 0 unspecified atom stereocenters. The fraction of sp³-hybridized carbons (Fsp3) is 0. The van der Waals surface area contributed by atoms with Crippen molar-refractivity contribution in [1.29, 1.82) is 0 Å². The molecular weight excluding hydrogens is 359 g/mol. The lowest BCUT2D eigenvalue weighted by Gasteiger charge is -2.09. The number of anilines is 1. The zero-order chi connectivity index (χ0) is 16.4. The van der Waals surface area contributed by atoms with Crippen LogP contribution < -0.4 is 4.72 Å². The SMILES string of the molecule is O=S(=O)(Nc1cnoc1-c1ccccc1)c1cc(Cl)ccc1Cl. The summed E-state index contributed by atoms with van der Waals surface area (Å²) in [5.41, 5.74) is 0.909. The molecule has 0 aliphatic carbocycles. The molecule has 1 heterocycles. The second-order valence-electron chi connectivity index (χ2n) is 4.61. The lowest BCUT2D eigenvalue weighted by molar-refractivity contribution is 0.432. The summed E-state index contributed by atoms with van der Waals surface area (Å²) in [6, 6.07) is 13.2. The summed E-state index contributed by atoms with van der Waals surface area (Å²) in [5, 5.41) is 3.99. The van der Waals surface area contributed by atoms with E-state index in [0.717, 1.165) is 0 Å². The molecule has 5 nitrogen and oxygen atoms in total. The summed E-state index contributed by atoms with van der Waals surface area (Å²) in [6.07, 6.45) is 1.29. The zero-order valence-electron chi connectivity index (χ0n) is 11.5. The largest absolute Gasteiger partial charge is 0.354 e. The molecule has 2 aromatic carbocycles. The number of hydrogen-bond acceptors (Lipinski definition) is 4. The van der Waals surface area contributed by atoms with Crippen LogP contribution in [0.1, 0.15) is 0 Å². The van der Waals surface area contributed by atoms with Crippen molar-refractivity contribution in [3.63, 3.8) is 0 Å². The van der Waals surface area contributed by atoms with Crippen LogP contribution in [-0.4, -0.2) is 13.6 Å². The maximum absolute atomic E-state index is 12.5. The van der Waals surface area contributed by atoms with Gasteiger partial charge >= 0.3 is 0 Å². The van der Waals surface area contributed by atoms with Crippen molar-refractivity contribution in [3.8, 4) is 11.3 Å². The Bertz CT molecular complexity index is 940. The number of nitrogens with zero attached hydrogens (tertiary/aromatic N) is 1. The van der Waals surface area contributed by atoms with Crippen LogP contribution in [0.4, 0.5) is 5.69 Å². The molecule has 0 radical (unpaired) electrons. The first-order valence-electron chi connectivity index (χ1n) is 6.45. The highest BCUT2D eigenvalue weighted by Crippen LogP contribution is 2.31. The van der Waals surface area contributed by atoms with Gasteiger partial charge in [0.25, 0.3) is 10.0 Å². The van der Waals surface area contributed by atoms with Crippen LogP contribution in [0, 0.1) is 0 Å². The normalized spacial score (nSPS) is 11.4. The summed E-state index contributed by atoms with van der Waals surface area (Å²) in [5.74, 6) is 0.312. The highest BCUT2D eigenvalue weighted by molar-refractivity contribution is 7.92. The summed E-state index contributed by atoms with van der Waals surface area (Å²) in [6.45, 7) is 0. The molecule has 118 valence electrons. The number of hydrogen-bond donors (Lipinski definition) is 1. The predicted octanol–water partition coefficient (Wildman–Crippen LogP) is 4.45. The Morgan fingerprint density at radius 1 is 1.04 bits per heavy atom. The summed E-state index contributed by atoms with van der Waals surface area (Å²) >= 11 is 11.8. The molecule has 0 aliphatic rings. The molecule has 0 atom stereocenters. The molecular formula is C15H10Cl2N2O3S. The van der Waals surface area contributed by atoms with Gasteiger partial charge < -0.3 is 4.52 Å². The van der Waals surface area contributed by atoms with Crippen molar-refractivity contribution in [2.75, 3.05) is 4.72 Å². The van der Waals surface area contributed by atoms with Crippen LogP contribution in [-0.2, 0) is 10.0 Å². The van der Waals surface area contributed by atoms with Crippen LogP contribution in [0.15, 0.2) is 64.1 Å². The Kier molecular flexibility index (Phi) is 4.30. The van der Waals surface area contributed by atoms with Crippen molar-refractivity contribution in [1.82, 2.24) is 5.16 Å². The van der Waals surface area contributed by atoms with Crippen LogP contribution in [0.3, 0.4) is 0 Å². The second-order valence-corrected chi connectivity index (χ2v) is 7.11. The Morgan fingerprint density at radius 3 is 2.52 bits per heavy atom. The van der Waals surface area contributed by atoms with E-state index in [0.29, 0.717) is 11.3 Å². The van der Waals surface area contributed by atoms with Gasteiger partial charge in [0.15, 0.2) is 5.76 Å². The van der Waals surface area contributed by atoms with E-state index in [1.54, 1.807) is 12.1 Å². The standard InChI is InChI=1S/C15H10Cl2N2O3S/c16-11-6-7-12(17)14(8-11)23(20,21)19-13-9-18-22-15(13)10-4-2-1-3-5-10/h1-9,19H. The molecule has 3 rings (SSSR count). The van der Waals surface area contributed by atoms with E-state index < -0.39 is 10.0 Å². The van der Waals surface area contributed by atoms with Gasteiger partial charge in [0.1, 0.15) is 10.6 Å². The van der Waals surface area contributed by atoms with E-state index in [9.17, 15) is 8.42 Å². The molecule has 0 spiro atoms. The van der Waals surface area contributed by atoms with E-state index in [-0.39, 0.29) is 20.6 Å². The first-order chi connectivity index (χ1) is 11.0. The zero-order valence-corrected chi connectivity index (χ0v) is 13.9. The van der Waals surface area contributed by atoms with Crippen molar-refractivity contribution in [3.05, 3.63) is 64.8 Å². The van der Waals surface area contributed by atoms with Gasteiger partial charge in [-0.2, -0.15) is 0 Å². The average Bonchev–Trinajstić information content (AvgIpc) is 2.98. The molecule has 3 aromatic rings. The topological polar surface area (TPSA) is 72.2 Å². The van der Waals surface area contributed by atoms with Gasteiger partial charge in [-0.05, 0) is 18.2 Å². The third kappa shape index (κ3) is 3.34. The lowest BCUT2D eigenvalue weighted by Crippen LogP contribution is -2.13. The van der Waals surface area contributed by atoms with Gasteiger partial charge in [-0.25, -0.2) is 8.42 Å². The van der Waals surface area contributed by atoms with Gasteiger partial charge in [-0.15, -0.1) is 0 Å². The number of nitrogens with one attached hydrogen (secondary N) is 1. The minimum Gasteiger partial charge on any atom is -0.354 e. The summed E-state index contributed by atoms with van der Waals surface area (Å²) in [4.78, 5) is -0.119. The predicted molar refractivity (Wildman–Crippen MR) is 89.2 cm³/mol. The smallest absolute Gasteiger partial charge is 0.263 e. The van der Waals surface area contributed by atoms with E-state index in [2.05, 4.69) is 9.88 Å². The quantitative estimate of drug-likeness (QED) is 0.738. The third-order valence-electron chi connectivity index (χ3n) is 3.03. The number of sulfonamides is 1. The number of benzene rings is 2. The molecule has 0 saturated carbocycles. The van der Waals surface area contributed by atoms with Gasteiger partial charge in [0, 0.05) is 10.6 Å². The molecule has 23 heavy (non-hydrogen) atoms. The highest BCUT2D eigenvalue weighted by atomic mass is 35.5. The minimum atomic E-state index is -3.93.